The Hall–Kier alpha value is -1.93. The van der Waals surface area contributed by atoms with Crippen LogP contribution in [-0.4, -0.2) is 4.98 Å². The highest BCUT2D eigenvalue weighted by Gasteiger charge is 1.86. The Bertz CT molecular complexity index is 354. The first kappa shape index (κ1) is 8.17. The number of hydrogen-bond acceptors (Lipinski definition) is 0. The number of fused-ring (bicyclic) bond motifs is 1. The fourth-order valence-corrected chi connectivity index (χ4v) is 0.995. The second kappa shape index (κ2) is 4.05. The van der Waals surface area contributed by atoms with Crippen LogP contribution in [0.3, 0.4) is 0 Å². The van der Waals surface area contributed by atoms with Gasteiger partial charge in [-0.15, -0.1) is 0 Å². The largest absolute Gasteiger partial charge is 0.373 e. The third kappa shape index (κ3) is 1.78. The van der Waals surface area contributed by atoms with E-state index in [9.17, 15) is 0 Å². The predicted molar refractivity (Wildman–Crippen MR) is 48.4 cm³/mol. The van der Waals surface area contributed by atoms with Crippen LogP contribution < -0.4 is 0 Å². The van der Waals surface area contributed by atoms with E-state index in [1.165, 1.54) is 15.8 Å². The molecular weight excluding hydrogens is 152 g/mol. The molecule has 0 saturated carbocycles. The fraction of sp³-hybridized carbons (Fsp3) is 0. The van der Waals surface area contributed by atoms with Gasteiger partial charge < -0.3 is 16.0 Å². The van der Waals surface area contributed by atoms with Gasteiger partial charge in [0.15, 0.2) is 0 Å². The number of aromatic amines is 1. The van der Waals surface area contributed by atoms with Gasteiger partial charge in [0.2, 0.25) is 0 Å². The summed E-state index contributed by atoms with van der Waals surface area (Å²) in [6.45, 7) is 0. The Morgan fingerprint density at radius 3 is 2.42 bits per heavy atom. The number of hydrogen-bond donors (Lipinski definition) is 1. The number of rotatable bonds is 0. The zero-order valence-electron chi connectivity index (χ0n) is 6.31. The highest BCUT2D eigenvalue weighted by atomic mass is 15.0. The zero-order chi connectivity index (χ0) is 8.81. The first-order chi connectivity index (χ1) is 5.88. The Morgan fingerprint density at radius 1 is 1.08 bits per heavy atom. The maximum Gasteiger partial charge on any atom is 0.0453 e. The normalized spacial score (nSPS) is 8.33. The molecule has 0 aliphatic carbocycles. The fourth-order valence-electron chi connectivity index (χ4n) is 0.995. The van der Waals surface area contributed by atoms with Crippen molar-refractivity contribution in [2.24, 2.45) is 0 Å². The zero-order valence-corrected chi connectivity index (χ0v) is 6.31. The predicted octanol–water partition coefficient (Wildman–Crippen LogP) is 3.03. The smallest absolute Gasteiger partial charge is 0.0453 e. The van der Waals surface area contributed by atoms with E-state index < -0.39 is 0 Å². The minimum Gasteiger partial charge on any atom is -0.373 e. The molecule has 1 heterocycles. The van der Waals surface area contributed by atoms with Gasteiger partial charge in [0.1, 0.15) is 0 Å². The number of para-hydroxylation sites is 1. The van der Waals surface area contributed by atoms with E-state index in [-0.39, 0.29) is 0 Å². The van der Waals surface area contributed by atoms with Crippen molar-refractivity contribution in [3.05, 3.63) is 52.5 Å². The lowest BCUT2D eigenvalue weighted by molar-refractivity contribution is 1.48. The third-order valence-electron chi connectivity index (χ3n) is 1.46. The third-order valence-corrected chi connectivity index (χ3v) is 1.46. The van der Waals surface area contributed by atoms with Gasteiger partial charge in [0.05, 0.1) is 0 Å². The lowest BCUT2D eigenvalue weighted by atomic mass is 10.3. The Morgan fingerprint density at radius 2 is 1.75 bits per heavy atom. The van der Waals surface area contributed by atoms with Crippen LogP contribution in [0, 0.1) is 0 Å². The monoisotopic (exact) mass is 159 g/mol. The first-order valence-corrected chi connectivity index (χ1v) is 3.39. The van der Waals surface area contributed by atoms with Crippen molar-refractivity contribution >= 4 is 10.9 Å². The summed E-state index contributed by atoms with van der Waals surface area (Å²) in [6, 6.07) is 10.3. The molecule has 1 N–H and O–H groups in total. The van der Waals surface area contributed by atoms with Crippen molar-refractivity contribution in [1.82, 2.24) is 4.98 Å². The van der Waals surface area contributed by atoms with Crippen LogP contribution in [0.15, 0.2) is 36.5 Å². The number of benzene rings is 1. The van der Waals surface area contributed by atoms with Gasteiger partial charge >= 0.3 is 0 Å². The van der Waals surface area contributed by atoms with Gasteiger partial charge in [0.25, 0.3) is 0 Å². The molecule has 0 spiro atoms. The highest BCUT2D eigenvalue weighted by Crippen LogP contribution is 2.09. The number of aromatic nitrogens is 1. The molecule has 2 aromatic rings. The molecule has 0 saturated heterocycles. The SMILES string of the molecule is [N-]=[N+]=[N-].c1ccc2[nH]ccc2c1. The van der Waals surface area contributed by atoms with E-state index in [1.807, 2.05) is 18.3 Å². The number of nitrogens with zero attached hydrogens (tertiary/aromatic N) is 3. The van der Waals surface area contributed by atoms with Crippen LogP contribution >= 0.6 is 0 Å². The van der Waals surface area contributed by atoms with Gasteiger partial charge in [-0.3, -0.25) is 4.91 Å². The summed E-state index contributed by atoms with van der Waals surface area (Å²) < 4.78 is 0. The molecule has 12 heavy (non-hydrogen) atoms. The molecule has 0 atom stereocenters. The Labute approximate surface area is 69.3 Å². The molecule has 0 aliphatic heterocycles. The van der Waals surface area contributed by atoms with Crippen LogP contribution in [0.25, 0.3) is 26.9 Å². The van der Waals surface area contributed by atoms with Gasteiger partial charge in [-0.05, 0) is 17.5 Å². The molecule has 0 aliphatic rings. The molecule has 2 rings (SSSR count). The van der Waals surface area contributed by atoms with E-state index in [1.54, 1.807) is 0 Å². The van der Waals surface area contributed by atoms with E-state index in [2.05, 4.69) is 23.2 Å². The minimum absolute atomic E-state index is 1.21. The standard InChI is InChI=1S/C8H7N.N3/c1-2-4-8-7(3-1)5-6-9-8;1-3-2/h1-6,9H;/q;-1. The lowest BCUT2D eigenvalue weighted by Gasteiger charge is -1.83. The summed E-state index contributed by atoms with van der Waals surface area (Å²) in [5.41, 5.74) is 14.7. The van der Waals surface area contributed by atoms with Crippen molar-refractivity contribution in [2.75, 3.05) is 0 Å². The minimum atomic E-state index is 1.21. The van der Waals surface area contributed by atoms with Crippen molar-refractivity contribution in [3.8, 4) is 0 Å². The second-order valence-electron chi connectivity index (χ2n) is 2.15. The first-order valence-electron chi connectivity index (χ1n) is 3.39. The molecule has 60 valence electrons. The molecule has 4 heteroatoms. The van der Waals surface area contributed by atoms with Crippen molar-refractivity contribution in [1.29, 1.82) is 0 Å². The van der Waals surface area contributed by atoms with E-state index in [4.69, 9.17) is 11.1 Å². The molecule has 4 nitrogen and oxygen atoms in total. The van der Waals surface area contributed by atoms with Crippen molar-refractivity contribution in [3.63, 3.8) is 0 Å². The van der Waals surface area contributed by atoms with Gasteiger partial charge in [-0.1, -0.05) is 18.2 Å². The Kier molecular flexibility index (Phi) is 2.76. The topological polar surface area (TPSA) is 74.5 Å². The molecule has 0 bridgehead atoms. The summed E-state index contributed by atoms with van der Waals surface area (Å²) in [5, 5.41) is 1.28. The van der Waals surface area contributed by atoms with Crippen molar-refractivity contribution in [2.45, 2.75) is 0 Å². The molecule has 0 unspecified atom stereocenters. The van der Waals surface area contributed by atoms with E-state index in [0.29, 0.717) is 0 Å². The molecule has 1 aromatic carbocycles. The average molecular weight is 159 g/mol. The number of nitrogens with one attached hydrogen (secondary N) is 1. The summed E-state index contributed by atoms with van der Waals surface area (Å²) in [4.78, 5) is 4.62. The molecule has 0 fully saturated rings. The second-order valence-corrected chi connectivity index (χ2v) is 2.15. The van der Waals surface area contributed by atoms with Crippen LogP contribution in [0.4, 0.5) is 0 Å². The highest BCUT2D eigenvalue weighted by molar-refractivity contribution is 5.78. The van der Waals surface area contributed by atoms with Crippen molar-refractivity contribution < 1.29 is 0 Å². The summed E-state index contributed by atoms with van der Waals surface area (Å²) in [7, 11) is 0. The lowest BCUT2D eigenvalue weighted by Crippen LogP contribution is -1.61. The van der Waals surface area contributed by atoms with Gasteiger partial charge in [-0.2, -0.15) is 0 Å². The molecular formula is C8H7N4-. The van der Waals surface area contributed by atoms with E-state index >= 15 is 0 Å². The van der Waals surface area contributed by atoms with Crippen LogP contribution in [0.5, 0.6) is 0 Å². The van der Waals surface area contributed by atoms with Crippen LogP contribution in [-0.2, 0) is 0 Å². The maximum atomic E-state index is 6.75. The molecule has 0 amide bonds. The molecule has 1 aromatic heterocycles. The van der Waals surface area contributed by atoms with Crippen LogP contribution in [0.1, 0.15) is 0 Å². The average Bonchev–Trinajstić information content (AvgIpc) is 2.52. The Balaban J connectivity index is 0.000000213. The van der Waals surface area contributed by atoms with E-state index in [0.717, 1.165) is 0 Å². The number of H-pyrrole nitrogens is 1. The summed E-state index contributed by atoms with van der Waals surface area (Å²) in [5.74, 6) is 0. The summed E-state index contributed by atoms with van der Waals surface area (Å²) in [6.07, 6.45) is 1.95. The van der Waals surface area contributed by atoms with Gasteiger partial charge in [-0.25, -0.2) is 0 Å². The quantitative estimate of drug-likeness (QED) is 0.348. The maximum absolute atomic E-state index is 6.75. The molecule has 0 radical (unpaired) electrons. The summed E-state index contributed by atoms with van der Waals surface area (Å²) >= 11 is 0. The van der Waals surface area contributed by atoms with Crippen LogP contribution in [0.2, 0.25) is 0 Å². The van der Waals surface area contributed by atoms with Gasteiger partial charge in [0, 0.05) is 11.7 Å².